The van der Waals surface area contributed by atoms with Gasteiger partial charge >= 0.3 is 0 Å². The average molecular weight is 405 g/mol. The van der Waals surface area contributed by atoms with Crippen molar-refractivity contribution >= 4 is 23.1 Å². The molecule has 0 spiro atoms. The molecule has 0 bridgehead atoms. The van der Waals surface area contributed by atoms with Crippen LogP contribution >= 0.6 is 0 Å². The van der Waals surface area contributed by atoms with Gasteiger partial charge in [0.25, 0.3) is 0 Å². The number of hydrazine groups is 1. The summed E-state index contributed by atoms with van der Waals surface area (Å²) in [6, 6.07) is 16.3. The van der Waals surface area contributed by atoms with Crippen molar-refractivity contribution in [1.82, 2.24) is 10.7 Å². The Bertz CT molecular complexity index is 989. The van der Waals surface area contributed by atoms with Gasteiger partial charge in [-0.15, -0.1) is 0 Å². The van der Waals surface area contributed by atoms with Crippen molar-refractivity contribution in [3.63, 3.8) is 0 Å². The number of hydrogen-bond acceptors (Lipinski definition) is 5. The molecule has 30 heavy (non-hydrogen) atoms. The van der Waals surface area contributed by atoms with Crippen molar-refractivity contribution in [3.05, 3.63) is 59.7 Å². The number of hydrogen-bond donors (Lipinski definition) is 2. The smallest absolute Gasteiger partial charge is 0.239 e. The highest BCUT2D eigenvalue weighted by molar-refractivity contribution is 6.11. The van der Waals surface area contributed by atoms with E-state index in [1.807, 2.05) is 35.0 Å². The first-order valence-electron chi connectivity index (χ1n) is 10.8. The molecule has 0 aliphatic carbocycles. The van der Waals surface area contributed by atoms with Crippen molar-refractivity contribution in [2.45, 2.75) is 45.4 Å². The summed E-state index contributed by atoms with van der Waals surface area (Å²) in [4.78, 5) is 28.8. The molecule has 2 saturated heterocycles. The quantitative estimate of drug-likeness (QED) is 0.753. The maximum atomic E-state index is 13.5. The second-order valence-corrected chi connectivity index (χ2v) is 8.85. The molecule has 5 unspecified atom stereocenters. The number of carbonyl (C=O) groups is 2. The fraction of sp³-hybridized carbons (Fsp3) is 0.417. The second kappa shape index (κ2) is 7.22. The zero-order valence-electron chi connectivity index (χ0n) is 17.6. The number of piperidine rings is 1. The number of nitrogens with one attached hydrogen (secondary N) is 2. The molecule has 156 valence electrons. The SMILES string of the molecule is Cc1ccc(N2NC(C)C3C(=O)C(C(=O)N4c5ccccc5CC4C)CNC32)cc1. The topological polar surface area (TPSA) is 64.7 Å². The molecule has 0 aromatic heterocycles. The number of ketones is 1. The van der Waals surface area contributed by atoms with Gasteiger partial charge < -0.3 is 4.90 Å². The second-order valence-electron chi connectivity index (χ2n) is 8.85. The number of carbonyl (C=O) groups excluding carboxylic acids is 2. The van der Waals surface area contributed by atoms with Gasteiger partial charge in [-0.1, -0.05) is 35.9 Å². The number of Topliss-reactive ketones (excluding diaryl/α,β-unsaturated/α-hetero) is 1. The van der Waals surface area contributed by atoms with E-state index in [1.54, 1.807) is 0 Å². The van der Waals surface area contributed by atoms with Crippen LogP contribution < -0.4 is 20.7 Å². The third-order valence-electron chi connectivity index (χ3n) is 6.76. The first kappa shape index (κ1) is 19.3. The number of fused-ring (bicyclic) bond motifs is 2. The highest BCUT2D eigenvalue weighted by Gasteiger charge is 2.52. The van der Waals surface area contributed by atoms with Gasteiger partial charge in [0, 0.05) is 24.3 Å². The van der Waals surface area contributed by atoms with Gasteiger partial charge in [-0.3, -0.25) is 19.9 Å². The van der Waals surface area contributed by atoms with Gasteiger partial charge in [0.1, 0.15) is 12.1 Å². The van der Waals surface area contributed by atoms with E-state index in [4.69, 9.17) is 0 Å². The molecule has 6 heteroatoms. The van der Waals surface area contributed by atoms with Gasteiger partial charge in [-0.2, -0.15) is 0 Å². The maximum Gasteiger partial charge on any atom is 0.239 e. The summed E-state index contributed by atoms with van der Waals surface area (Å²) in [6.45, 7) is 6.50. The molecule has 1 amide bonds. The average Bonchev–Trinajstić information content (AvgIpc) is 3.25. The maximum absolute atomic E-state index is 13.5. The predicted molar refractivity (Wildman–Crippen MR) is 117 cm³/mol. The number of aryl methyl sites for hydroxylation is 1. The fourth-order valence-electron chi connectivity index (χ4n) is 5.22. The van der Waals surface area contributed by atoms with Crippen LogP contribution in [0.1, 0.15) is 25.0 Å². The number of nitrogens with zero attached hydrogens (tertiary/aromatic N) is 2. The monoisotopic (exact) mass is 404 g/mol. The molecule has 2 aromatic rings. The molecule has 2 aromatic carbocycles. The Morgan fingerprint density at radius 1 is 1.07 bits per heavy atom. The molecule has 0 saturated carbocycles. The van der Waals surface area contributed by atoms with Crippen LogP contribution in [0.2, 0.25) is 0 Å². The molecule has 5 atom stereocenters. The number of rotatable bonds is 2. The molecular weight excluding hydrogens is 376 g/mol. The van der Waals surface area contributed by atoms with Crippen LogP contribution in [0.15, 0.2) is 48.5 Å². The van der Waals surface area contributed by atoms with Crippen molar-refractivity contribution < 1.29 is 9.59 Å². The highest BCUT2D eigenvalue weighted by atomic mass is 16.2. The summed E-state index contributed by atoms with van der Waals surface area (Å²) in [6.07, 6.45) is 0.684. The van der Waals surface area contributed by atoms with Crippen LogP contribution in [0.5, 0.6) is 0 Å². The Kier molecular flexibility index (Phi) is 4.64. The lowest BCUT2D eigenvalue weighted by Crippen LogP contribution is -2.60. The van der Waals surface area contributed by atoms with Crippen molar-refractivity contribution in [1.29, 1.82) is 0 Å². The van der Waals surface area contributed by atoms with Crippen LogP contribution in [-0.2, 0) is 16.0 Å². The van der Waals surface area contributed by atoms with Crippen LogP contribution in [-0.4, -0.2) is 36.5 Å². The highest BCUT2D eigenvalue weighted by Crippen LogP contribution is 2.36. The Morgan fingerprint density at radius 2 is 1.80 bits per heavy atom. The van der Waals surface area contributed by atoms with E-state index in [0.717, 1.165) is 17.8 Å². The standard InChI is InChI=1S/C24H28N4O2/c1-14-8-10-18(11-9-14)28-23-21(16(3)26-28)22(29)19(13-25-23)24(30)27-15(2)12-17-6-4-5-7-20(17)27/h4-11,15-16,19,21,23,25-26H,12-13H2,1-3H3. The van der Waals surface area contributed by atoms with Gasteiger partial charge in [0.15, 0.2) is 5.78 Å². The molecule has 0 radical (unpaired) electrons. The Labute approximate surface area is 177 Å². The number of amides is 1. The summed E-state index contributed by atoms with van der Waals surface area (Å²) in [5.41, 5.74) is 7.78. The van der Waals surface area contributed by atoms with E-state index < -0.39 is 5.92 Å². The fourth-order valence-corrected chi connectivity index (χ4v) is 5.22. The summed E-state index contributed by atoms with van der Waals surface area (Å²) >= 11 is 0. The first-order valence-corrected chi connectivity index (χ1v) is 10.8. The van der Waals surface area contributed by atoms with Crippen molar-refractivity contribution in [2.24, 2.45) is 11.8 Å². The molecule has 6 nitrogen and oxygen atoms in total. The van der Waals surface area contributed by atoms with E-state index >= 15 is 0 Å². The summed E-state index contributed by atoms with van der Waals surface area (Å²) < 4.78 is 0. The van der Waals surface area contributed by atoms with E-state index in [2.05, 4.69) is 54.9 Å². The number of benzene rings is 2. The summed E-state index contributed by atoms with van der Waals surface area (Å²) in [5.74, 6) is -0.969. The van der Waals surface area contributed by atoms with Crippen LogP contribution in [0.25, 0.3) is 0 Å². The third kappa shape index (κ3) is 2.94. The van der Waals surface area contributed by atoms with E-state index in [9.17, 15) is 9.59 Å². The lowest BCUT2D eigenvalue weighted by atomic mass is 9.82. The van der Waals surface area contributed by atoms with E-state index in [-0.39, 0.29) is 35.9 Å². The summed E-state index contributed by atoms with van der Waals surface area (Å²) in [5, 5.41) is 5.54. The Morgan fingerprint density at radius 3 is 2.57 bits per heavy atom. The lowest BCUT2D eigenvalue weighted by molar-refractivity contribution is -0.137. The predicted octanol–water partition coefficient (Wildman–Crippen LogP) is 2.42. The van der Waals surface area contributed by atoms with Crippen LogP contribution in [0.4, 0.5) is 11.4 Å². The number of anilines is 2. The van der Waals surface area contributed by atoms with Crippen molar-refractivity contribution in [3.8, 4) is 0 Å². The largest absolute Gasteiger partial charge is 0.308 e. The minimum absolute atomic E-state index is 0.0370. The molecule has 2 fully saturated rings. The minimum atomic E-state index is -0.651. The number of para-hydroxylation sites is 1. The molecule has 5 rings (SSSR count). The van der Waals surface area contributed by atoms with Crippen LogP contribution in [0.3, 0.4) is 0 Å². The lowest BCUT2D eigenvalue weighted by Gasteiger charge is -2.37. The Balaban J connectivity index is 1.39. The molecule has 3 aliphatic rings. The van der Waals surface area contributed by atoms with Crippen LogP contribution in [0, 0.1) is 18.8 Å². The normalized spacial score (nSPS) is 30.4. The van der Waals surface area contributed by atoms with E-state index in [1.165, 1.54) is 11.1 Å². The zero-order valence-corrected chi connectivity index (χ0v) is 17.6. The zero-order chi connectivity index (χ0) is 21.0. The van der Waals surface area contributed by atoms with Gasteiger partial charge in [-0.25, -0.2) is 5.43 Å². The third-order valence-corrected chi connectivity index (χ3v) is 6.76. The minimum Gasteiger partial charge on any atom is -0.308 e. The molecular formula is C24H28N4O2. The summed E-state index contributed by atoms with van der Waals surface area (Å²) in [7, 11) is 0. The first-order chi connectivity index (χ1) is 14.5. The van der Waals surface area contributed by atoms with Gasteiger partial charge in [0.2, 0.25) is 5.91 Å². The van der Waals surface area contributed by atoms with Crippen molar-refractivity contribution in [2.75, 3.05) is 16.5 Å². The molecule has 3 aliphatic heterocycles. The molecule has 2 N–H and O–H groups in total. The van der Waals surface area contributed by atoms with Gasteiger partial charge in [0.05, 0.1) is 11.6 Å². The Hall–Kier alpha value is -2.70. The molecule has 3 heterocycles. The van der Waals surface area contributed by atoms with E-state index in [0.29, 0.717) is 6.54 Å². The van der Waals surface area contributed by atoms with Gasteiger partial charge in [-0.05, 0) is 51.0 Å².